The second-order valence-corrected chi connectivity index (χ2v) is 3.98. The molecule has 1 fully saturated rings. The van der Waals surface area contributed by atoms with Crippen LogP contribution in [-0.4, -0.2) is 26.7 Å². The number of imidazole rings is 1. The lowest BCUT2D eigenvalue weighted by molar-refractivity contribution is -0.148. The van der Waals surface area contributed by atoms with Gasteiger partial charge < -0.3 is 15.4 Å². The van der Waals surface area contributed by atoms with Crippen LogP contribution in [0.25, 0.3) is 0 Å². The Morgan fingerprint density at radius 1 is 1.79 bits per heavy atom. The number of hydrogen-bond donors (Lipinski definition) is 2. The zero-order chi connectivity index (χ0) is 10.3. The maximum absolute atomic E-state index is 11.2. The van der Waals surface area contributed by atoms with E-state index >= 15 is 0 Å². The summed E-state index contributed by atoms with van der Waals surface area (Å²) < 4.78 is 1.75. The second-order valence-electron chi connectivity index (χ2n) is 3.98. The van der Waals surface area contributed by atoms with Gasteiger partial charge in [-0.15, -0.1) is 0 Å². The molecule has 1 aliphatic rings. The lowest BCUT2D eigenvalue weighted by Gasteiger charge is -2.41. The molecular formula is C9H13N3O2. The van der Waals surface area contributed by atoms with Gasteiger partial charge in [0.05, 0.1) is 12.0 Å². The van der Waals surface area contributed by atoms with Crippen LogP contribution in [0.15, 0.2) is 12.5 Å². The number of aromatic nitrogens is 2. The molecule has 1 aromatic heterocycles. The predicted octanol–water partition coefficient (Wildman–Crippen LogP) is -0.136. The van der Waals surface area contributed by atoms with Crippen LogP contribution < -0.4 is 5.73 Å². The summed E-state index contributed by atoms with van der Waals surface area (Å²) in [5.41, 5.74) is 5.43. The summed E-state index contributed by atoms with van der Waals surface area (Å²) >= 11 is 0. The molecule has 3 N–H and O–H groups in total. The number of nitrogens with zero attached hydrogens (tertiary/aromatic N) is 2. The van der Waals surface area contributed by atoms with Crippen LogP contribution in [0.4, 0.5) is 0 Å². The Balaban J connectivity index is 2.34. The van der Waals surface area contributed by atoms with Crippen molar-refractivity contribution in [2.45, 2.75) is 24.3 Å². The Hall–Kier alpha value is -1.36. The number of aliphatic carboxylic acids is 1. The van der Waals surface area contributed by atoms with Gasteiger partial charge in [-0.3, -0.25) is 4.79 Å². The smallest absolute Gasteiger partial charge is 0.315 e. The van der Waals surface area contributed by atoms with E-state index in [1.807, 2.05) is 7.05 Å². The molecule has 0 aromatic carbocycles. The SMILES string of the molecule is Cn1cnc(C2(C(=O)O)CC(N)C2)c1. The number of aryl methyl sites for hydroxylation is 1. The van der Waals surface area contributed by atoms with E-state index in [-0.39, 0.29) is 6.04 Å². The van der Waals surface area contributed by atoms with Crippen molar-refractivity contribution in [1.29, 1.82) is 0 Å². The molecule has 0 amide bonds. The van der Waals surface area contributed by atoms with Crippen LogP contribution >= 0.6 is 0 Å². The molecule has 0 bridgehead atoms. The molecule has 14 heavy (non-hydrogen) atoms. The first kappa shape index (κ1) is 9.21. The molecule has 1 aromatic rings. The monoisotopic (exact) mass is 195 g/mol. The van der Waals surface area contributed by atoms with Gasteiger partial charge in [0, 0.05) is 19.3 Å². The van der Waals surface area contributed by atoms with Crippen LogP contribution in [0, 0.1) is 0 Å². The normalized spacial score (nSPS) is 31.1. The first-order valence-corrected chi connectivity index (χ1v) is 4.52. The minimum Gasteiger partial charge on any atom is -0.481 e. The Morgan fingerprint density at radius 2 is 2.43 bits per heavy atom. The van der Waals surface area contributed by atoms with Crippen molar-refractivity contribution in [1.82, 2.24) is 9.55 Å². The standard InChI is InChI=1S/C9H13N3O2/c1-12-4-7(11-5-12)9(8(13)14)2-6(10)3-9/h4-6H,2-3,10H2,1H3,(H,13,14). The Kier molecular flexibility index (Phi) is 1.85. The molecule has 0 atom stereocenters. The van der Waals surface area contributed by atoms with Crippen molar-refractivity contribution in [2.24, 2.45) is 12.8 Å². The third-order valence-corrected chi connectivity index (χ3v) is 2.83. The van der Waals surface area contributed by atoms with Crippen molar-refractivity contribution >= 4 is 5.97 Å². The van der Waals surface area contributed by atoms with Gasteiger partial charge in [0.15, 0.2) is 0 Å². The van der Waals surface area contributed by atoms with E-state index < -0.39 is 11.4 Å². The largest absolute Gasteiger partial charge is 0.481 e. The van der Waals surface area contributed by atoms with Gasteiger partial charge in [-0.2, -0.15) is 0 Å². The summed E-state index contributed by atoms with van der Waals surface area (Å²) in [7, 11) is 1.82. The van der Waals surface area contributed by atoms with Gasteiger partial charge in [0.25, 0.3) is 0 Å². The van der Waals surface area contributed by atoms with Gasteiger partial charge >= 0.3 is 5.97 Å². The molecule has 5 heteroatoms. The van der Waals surface area contributed by atoms with Gasteiger partial charge in [0.1, 0.15) is 5.41 Å². The number of carboxylic acid groups (broad SMARTS) is 1. The molecular weight excluding hydrogens is 182 g/mol. The van der Waals surface area contributed by atoms with Crippen molar-refractivity contribution in [3.8, 4) is 0 Å². The highest BCUT2D eigenvalue weighted by Crippen LogP contribution is 2.42. The lowest BCUT2D eigenvalue weighted by Crippen LogP contribution is -2.54. The van der Waals surface area contributed by atoms with Gasteiger partial charge in [-0.05, 0) is 12.8 Å². The first-order chi connectivity index (χ1) is 6.54. The number of hydrogen-bond acceptors (Lipinski definition) is 3. The summed E-state index contributed by atoms with van der Waals surface area (Å²) in [5, 5.41) is 9.16. The van der Waals surface area contributed by atoms with E-state index in [9.17, 15) is 4.79 Å². The fourth-order valence-electron chi connectivity index (χ4n) is 1.99. The summed E-state index contributed by atoms with van der Waals surface area (Å²) in [5.74, 6) is -0.821. The summed E-state index contributed by atoms with van der Waals surface area (Å²) in [6.07, 6.45) is 4.34. The average molecular weight is 195 g/mol. The number of carboxylic acids is 1. The quantitative estimate of drug-likeness (QED) is 0.688. The van der Waals surface area contributed by atoms with Crippen LogP contribution in [0.3, 0.4) is 0 Å². The van der Waals surface area contributed by atoms with Crippen LogP contribution in [0.2, 0.25) is 0 Å². The zero-order valence-corrected chi connectivity index (χ0v) is 7.97. The highest BCUT2D eigenvalue weighted by atomic mass is 16.4. The molecule has 0 unspecified atom stereocenters. The summed E-state index contributed by atoms with van der Waals surface area (Å²) in [4.78, 5) is 15.2. The zero-order valence-electron chi connectivity index (χ0n) is 7.97. The molecule has 0 saturated heterocycles. The van der Waals surface area contributed by atoms with E-state index in [4.69, 9.17) is 10.8 Å². The highest BCUT2D eigenvalue weighted by Gasteiger charge is 2.52. The van der Waals surface area contributed by atoms with Crippen molar-refractivity contribution < 1.29 is 9.90 Å². The molecule has 0 aliphatic heterocycles. The molecule has 1 heterocycles. The average Bonchev–Trinajstić information content (AvgIpc) is 2.45. The topological polar surface area (TPSA) is 81.1 Å². The number of nitrogens with two attached hydrogens (primary N) is 1. The summed E-state index contributed by atoms with van der Waals surface area (Å²) in [6, 6.07) is -0.00638. The number of carbonyl (C=O) groups is 1. The third-order valence-electron chi connectivity index (χ3n) is 2.83. The molecule has 1 saturated carbocycles. The van der Waals surface area contributed by atoms with E-state index in [1.165, 1.54) is 0 Å². The van der Waals surface area contributed by atoms with Crippen molar-refractivity contribution in [3.63, 3.8) is 0 Å². The van der Waals surface area contributed by atoms with Gasteiger partial charge in [-0.25, -0.2) is 4.98 Å². The third kappa shape index (κ3) is 1.13. The predicted molar refractivity (Wildman–Crippen MR) is 49.7 cm³/mol. The van der Waals surface area contributed by atoms with Crippen LogP contribution in [0.5, 0.6) is 0 Å². The van der Waals surface area contributed by atoms with Crippen molar-refractivity contribution in [2.75, 3.05) is 0 Å². The van der Waals surface area contributed by atoms with E-state index in [0.717, 1.165) is 0 Å². The Bertz CT molecular complexity index is 366. The molecule has 76 valence electrons. The minimum atomic E-state index is -0.833. The Labute approximate surface area is 81.5 Å². The first-order valence-electron chi connectivity index (χ1n) is 4.52. The van der Waals surface area contributed by atoms with E-state index in [1.54, 1.807) is 17.1 Å². The molecule has 0 spiro atoms. The fourth-order valence-corrected chi connectivity index (χ4v) is 1.99. The van der Waals surface area contributed by atoms with Gasteiger partial charge in [0.2, 0.25) is 0 Å². The molecule has 5 nitrogen and oxygen atoms in total. The van der Waals surface area contributed by atoms with Crippen LogP contribution in [0.1, 0.15) is 18.5 Å². The molecule has 0 radical (unpaired) electrons. The van der Waals surface area contributed by atoms with Gasteiger partial charge in [-0.1, -0.05) is 0 Å². The van der Waals surface area contributed by atoms with Crippen LogP contribution in [-0.2, 0) is 17.3 Å². The number of rotatable bonds is 2. The van der Waals surface area contributed by atoms with Crippen molar-refractivity contribution in [3.05, 3.63) is 18.2 Å². The molecule has 1 aliphatic carbocycles. The maximum atomic E-state index is 11.2. The second kappa shape index (κ2) is 2.81. The minimum absolute atomic E-state index is 0.00638. The Morgan fingerprint density at radius 3 is 2.79 bits per heavy atom. The fraction of sp³-hybridized carbons (Fsp3) is 0.556. The summed E-state index contributed by atoms with van der Waals surface area (Å²) in [6.45, 7) is 0. The maximum Gasteiger partial charge on any atom is 0.315 e. The molecule has 2 rings (SSSR count). The van der Waals surface area contributed by atoms with E-state index in [0.29, 0.717) is 18.5 Å². The lowest BCUT2D eigenvalue weighted by atomic mass is 9.64. The highest BCUT2D eigenvalue weighted by molar-refractivity contribution is 5.82. The van der Waals surface area contributed by atoms with E-state index in [2.05, 4.69) is 4.98 Å².